The molecule has 2 aromatic rings. The molecule has 0 radical (unpaired) electrons. The van der Waals surface area contributed by atoms with Gasteiger partial charge in [0.25, 0.3) is 0 Å². The maximum Gasteiger partial charge on any atom is 0.339 e. The number of pyridine rings is 1. The molecule has 1 aromatic heterocycles. The van der Waals surface area contributed by atoms with Crippen LogP contribution < -0.4 is 0 Å². The van der Waals surface area contributed by atoms with Crippen LogP contribution in [0.2, 0.25) is 0 Å². The average Bonchev–Trinajstić information content (AvgIpc) is 2.91. The third-order valence-electron chi connectivity index (χ3n) is 7.17. The van der Waals surface area contributed by atoms with E-state index in [1.807, 2.05) is 6.07 Å². The number of fused-ring (bicyclic) bond motifs is 1. The number of ether oxygens (including phenoxy) is 1. The number of hydrogen-bond acceptors (Lipinski definition) is 5. The highest BCUT2D eigenvalue weighted by Gasteiger charge is 2.36. The lowest BCUT2D eigenvalue weighted by molar-refractivity contribution is -0.119. The normalized spacial score (nSPS) is 15.7. The second kappa shape index (κ2) is 15.1. The van der Waals surface area contributed by atoms with Gasteiger partial charge in [-0.25, -0.2) is 9.78 Å². The van der Waals surface area contributed by atoms with Crippen LogP contribution in [0, 0.1) is 11.8 Å². The minimum absolute atomic E-state index is 0.0330. The smallest absolute Gasteiger partial charge is 0.339 e. The van der Waals surface area contributed by atoms with Gasteiger partial charge in [0.1, 0.15) is 11.5 Å². The first-order valence-corrected chi connectivity index (χ1v) is 15.2. The zero-order valence-corrected chi connectivity index (χ0v) is 24.4. The largest absolute Gasteiger partial charge is 0.462 e. The number of nitrogens with zero attached hydrogens (tertiary/aromatic N) is 1. The molecule has 1 aromatic carbocycles. The first-order valence-electron chi connectivity index (χ1n) is 14.3. The van der Waals surface area contributed by atoms with Crippen molar-refractivity contribution in [1.29, 1.82) is 0 Å². The number of carbonyl (C=O) groups excluding carboxylic acids is 2. The molecule has 38 heavy (non-hydrogen) atoms. The van der Waals surface area contributed by atoms with E-state index in [9.17, 15) is 9.59 Å². The van der Waals surface area contributed by atoms with E-state index >= 15 is 0 Å². The summed E-state index contributed by atoms with van der Waals surface area (Å²) in [5, 5.41) is 0.0330. The molecule has 204 valence electrons. The van der Waals surface area contributed by atoms with Crippen LogP contribution in [0.1, 0.15) is 126 Å². The van der Waals surface area contributed by atoms with E-state index in [-0.39, 0.29) is 16.6 Å². The monoisotopic (exact) mass is 533 g/mol. The fourth-order valence-electron chi connectivity index (χ4n) is 4.90. The lowest BCUT2D eigenvalue weighted by Crippen LogP contribution is -2.32. The zero-order chi connectivity index (χ0) is 27.4. The highest BCUT2D eigenvalue weighted by molar-refractivity contribution is 8.00. The van der Waals surface area contributed by atoms with Gasteiger partial charge in [0.15, 0.2) is 0 Å². The third kappa shape index (κ3) is 9.02. The Balaban J connectivity index is 1.53. The molecule has 1 aliphatic rings. The van der Waals surface area contributed by atoms with Crippen LogP contribution in [-0.2, 0) is 14.9 Å². The van der Waals surface area contributed by atoms with Gasteiger partial charge in [-0.3, -0.25) is 4.79 Å². The Bertz CT molecular complexity index is 1130. The highest BCUT2D eigenvalue weighted by atomic mass is 32.2. The molecular weight excluding hydrogens is 490 g/mol. The molecule has 0 amide bonds. The van der Waals surface area contributed by atoms with Crippen molar-refractivity contribution in [2.75, 3.05) is 6.61 Å². The van der Waals surface area contributed by atoms with Crippen molar-refractivity contribution in [3.8, 4) is 11.8 Å². The molecule has 0 fully saturated rings. The third-order valence-corrected chi connectivity index (χ3v) is 8.49. The molecule has 0 aliphatic carbocycles. The van der Waals surface area contributed by atoms with Crippen molar-refractivity contribution in [2.45, 2.75) is 114 Å². The van der Waals surface area contributed by atoms with Crippen LogP contribution in [0.3, 0.4) is 0 Å². The second-order valence-electron chi connectivity index (χ2n) is 10.9. The molecule has 0 N–H and O–H groups in total. The number of rotatable bonds is 13. The van der Waals surface area contributed by atoms with Gasteiger partial charge in [0.05, 0.1) is 17.4 Å². The lowest BCUT2D eigenvalue weighted by Gasteiger charge is -2.36. The van der Waals surface area contributed by atoms with Gasteiger partial charge in [0, 0.05) is 23.1 Å². The molecular formula is C33H43NO3S. The summed E-state index contributed by atoms with van der Waals surface area (Å²) < 4.78 is 5.00. The van der Waals surface area contributed by atoms with E-state index in [4.69, 9.17) is 4.74 Å². The first-order chi connectivity index (χ1) is 18.3. The predicted molar refractivity (Wildman–Crippen MR) is 157 cm³/mol. The fourth-order valence-corrected chi connectivity index (χ4v) is 6.56. The fraction of sp³-hybridized carbons (Fsp3) is 0.545. The Hall–Kier alpha value is -2.58. The summed E-state index contributed by atoms with van der Waals surface area (Å²) in [4.78, 5) is 30.3. The Morgan fingerprint density at radius 2 is 1.68 bits per heavy atom. The maximum atomic E-state index is 13.1. The number of benzene rings is 1. The van der Waals surface area contributed by atoms with Crippen molar-refractivity contribution in [3.05, 3.63) is 58.9 Å². The summed E-state index contributed by atoms with van der Waals surface area (Å²) in [6.07, 6.45) is 14.5. The summed E-state index contributed by atoms with van der Waals surface area (Å²) in [5.74, 6) is 6.33. The molecule has 3 rings (SSSR count). The number of thioether (sulfide) groups is 1. The van der Waals surface area contributed by atoms with Gasteiger partial charge in [-0.05, 0) is 67.0 Å². The topological polar surface area (TPSA) is 56.3 Å². The van der Waals surface area contributed by atoms with E-state index in [2.05, 4.69) is 49.7 Å². The Labute approximate surface area is 233 Å². The summed E-state index contributed by atoms with van der Waals surface area (Å²) in [6, 6.07) is 9.72. The quantitative estimate of drug-likeness (QED) is 0.147. The van der Waals surface area contributed by atoms with Crippen LogP contribution in [0.4, 0.5) is 0 Å². The molecule has 0 saturated carbocycles. The number of aromatic nitrogens is 1. The number of unbranched alkanes of at least 4 members (excludes halogenated alkanes) is 8. The molecule has 4 nitrogen and oxygen atoms in total. The molecule has 5 heteroatoms. The van der Waals surface area contributed by atoms with Crippen LogP contribution in [0.25, 0.3) is 0 Å². The molecule has 0 spiro atoms. The Morgan fingerprint density at radius 3 is 2.34 bits per heavy atom. The standard InChI is InChI=1S/C33H43NO3S/c1-5-7-8-9-10-11-12-13-14-15-29(35)31-23-33(3,4)28-22-25(17-21-30(28)38-31)16-19-27-20-18-26(24-34-27)32(36)37-6-2/h17-18,20-22,24,31H,5-15,23H2,1-4H3. The van der Waals surface area contributed by atoms with Crippen molar-refractivity contribution >= 4 is 23.5 Å². The molecule has 1 atom stereocenters. The van der Waals surface area contributed by atoms with Crippen LogP contribution in [0.5, 0.6) is 0 Å². The Kier molecular flexibility index (Phi) is 11.9. The predicted octanol–water partition coefficient (Wildman–Crippen LogP) is 8.29. The summed E-state index contributed by atoms with van der Waals surface area (Å²) in [5.41, 5.74) is 3.12. The van der Waals surface area contributed by atoms with E-state index in [0.717, 1.165) is 18.4 Å². The van der Waals surface area contributed by atoms with E-state index in [1.54, 1.807) is 30.8 Å². The van der Waals surface area contributed by atoms with E-state index in [1.165, 1.54) is 68.0 Å². The van der Waals surface area contributed by atoms with Gasteiger partial charge in [0.2, 0.25) is 0 Å². The van der Waals surface area contributed by atoms with Crippen LogP contribution >= 0.6 is 11.8 Å². The number of Topliss-reactive ketones (excluding diaryl/α,β-unsaturated/α-hetero) is 1. The van der Waals surface area contributed by atoms with Gasteiger partial charge in [-0.2, -0.15) is 0 Å². The molecule has 0 bridgehead atoms. The lowest BCUT2D eigenvalue weighted by atomic mass is 9.78. The van der Waals surface area contributed by atoms with Crippen LogP contribution in [-0.4, -0.2) is 28.6 Å². The number of esters is 1. The van der Waals surface area contributed by atoms with Gasteiger partial charge in [-0.15, -0.1) is 11.8 Å². The summed E-state index contributed by atoms with van der Waals surface area (Å²) in [6.45, 7) is 8.83. The van der Waals surface area contributed by atoms with Crippen molar-refractivity contribution < 1.29 is 14.3 Å². The summed E-state index contributed by atoms with van der Waals surface area (Å²) in [7, 11) is 0. The number of hydrogen-bond donors (Lipinski definition) is 0. The Morgan fingerprint density at radius 1 is 0.974 bits per heavy atom. The molecule has 1 unspecified atom stereocenters. The molecule has 0 saturated heterocycles. The van der Waals surface area contributed by atoms with E-state index in [0.29, 0.717) is 30.1 Å². The molecule has 2 heterocycles. The first kappa shape index (κ1) is 30.0. The van der Waals surface area contributed by atoms with Gasteiger partial charge < -0.3 is 4.74 Å². The highest BCUT2D eigenvalue weighted by Crippen LogP contribution is 2.46. The van der Waals surface area contributed by atoms with Crippen molar-refractivity contribution in [3.63, 3.8) is 0 Å². The average molecular weight is 534 g/mol. The minimum atomic E-state index is -0.376. The van der Waals surface area contributed by atoms with E-state index < -0.39 is 0 Å². The van der Waals surface area contributed by atoms with Crippen molar-refractivity contribution in [2.24, 2.45) is 0 Å². The van der Waals surface area contributed by atoms with Crippen LogP contribution in [0.15, 0.2) is 41.4 Å². The number of ketones is 1. The number of carbonyl (C=O) groups is 2. The zero-order valence-electron chi connectivity index (χ0n) is 23.6. The maximum absolute atomic E-state index is 13.1. The second-order valence-corrected chi connectivity index (χ2v) is 12.1. The summed E-state index contributed by atoms with van der Waals surface area (Å²) >= 11 is 1.72. The SMILES string of the molecule is CCCCCCCCCCCC(=O)C1CC(C)(C)c2cc(C#Cc3ccc(C(=O)OCC)cn3)ccc2S1. The van der Waals surface area contributed by atoms with Crippen molar-refractivity contribution in [1.82, 2.24) is 4.98 Å². The molecule has 1 aliphatic heterocycles. The van der Waals surface area contributed by atoms with Gasteiger partial charge in [-0.1, -0.05) is 78.1 Å². The van der Waals surface area contributed by atoms with Gasteiger partial charge >= 0.3 is 5.97 Å². The minimum Gasteiger partial charge on any atom is -0.462 e.